The summed E-state index contributed by atoms with van der Waals surface area (Å²) in [7, 11) is 1.53. The highest BCUT2D eigenvalue weighted by Gasteiger charge is 2.36. The van der Waals surface area contributed by atoms with Gasteiger partial charge in [-0.3, -0.25) is 24.1 Å². The topological polar surface area (TPSA) is 111 Å². The largest absolute Gasteiger partial charge is 0.383 e. The van der Waals surface area contributed by atoms with Gasteiger partial charge in [-0.05, 0) is 18.2 Å². The lowest BCUT2D eigenvalue weighted by atomic mass is 10.1. The first-order chi connectivity index (χ1) is 15.0. The van der Waals surface area contributed by atoms with Crippen molar-refractivity contribution in [3.63, 3.8) is 0 Å². The molecule has 31 heavy (non-hydrogen) atoms. The molecule has 0 bridgehead atoms. The number of carbonyl (C=O) groups is 3. The van der Waals surface area contributed by atoms with Gasteiger partial charge >= 0.3 is 0 Å². The zero-order chi connectivity index (χ0) is 22.0. The molecule has 9 heteroatoms. The molecule has 0 radical (unpaired) electrons. The van der Waals surface area contributed by atoms with Crippen LogP contribution < -0.4 is 10.9 Å². The molecule has 0 aliphatic carbocycles. The van der Waals surface area contributed by atoms with Gasteiger partial charge < -0.3 is 10.1 Å². The van der Waals surface area contributed by atoms with Crippen LogP contribution in [0.2, 0.25) is 0 Å². The average Bonchev–Trinajstić information content (AvgIpc) is 3.03. The normalized spacial score (nSPS) is 13.0. The Bertz CT molecular complexity index is 1220. The fourth-order valence-electron chi connectivity index (χ4n) is 3.53. The van der Waals surface area contributed by atoms with E-state index in [1.165, 1.54) is 11.8 Å². The summed E-state index contributed by atoms with van der Waals surface area (Å²) in [5, 5.41) is 8.17. The van der Waals surface area contributed by atoms with Crippen molar-refractivity contribution in [1.82, 2.24) is 20.0 Å². The van der Waals surface area contributed by atoms with E-state index in [1.807, 2.05) is 0 Å². The van der Waals surface area contributed by atoms with Gasteiger partial charge in [0.05, 0.1) is 41.9 Å². The van der Waals surface area contributed by atoms with E-state index in [9.17, 15) is 19.2 Å². The van der Waals surface area contributed by atoms with Crippen molar-refractivity contribution in [2.24, 2.45) is 0 Å². The van der Waals surface area contributed by atoms with Gasteiger partial charge in [0, 0.05) is 12.5 Å². The highest BCUT2D eigenvalue weighted by atomic mass is 16.5. The standard InChI is InChI=1S/C22H20N4O5/c1-31-11-10-26-22(30)15-7-3-2-6-14(15)18(24-26)12-23-19(27)13-25-20(28)16-8-4-5-9-17(16)21(25)29/h2-9H,10-13H2,1H3,(H,23,27). The van der Waals surface area contributed by atoms with Gasteiger partial charge in [0.1, 0.15) is 6.54 Å². The molecule has 2 heterocycles. The molecule has 0 atom stereocenters. The summed E-state index contributed by atoms with van der Waals surface area (Å²) < 4.78 is 6.34. The number of carbonyl (C=O) groups excluding carboxylic acids is 3. The minimum absolute atomic E-state index is 0.0375. The summed E-state index contributed by atoms with van der Waals surface area (Å²) in [6.07, 6.45) is 0. The Balaban J connectivity index is 1.51. The summed E-state index contributed by atoms with van der Waals surface area (Å²) in [5.41, 5.74) is 0.840. The zero-order valence-electron chi connectivity index (χ0n) is 16.8. The number of imide groups is 1. The summed E-state index contributed by atoms with van der Waals surface area (Å²) >= 11 is 0. The fourth-order valence-corrected chi connectivity index (χ4v) is 3.53. The molecule has 9 nitrogen and oxygen atoms in total. The zero-order valence-corrected chi connectivity index (χ0v) is 16.8. The van der Waals surface area contributed by atoms with E-state index in [0.29, 0.717) is 23.1 Å². The first-order valence-electron chi connectivity index (χ1n) is 9.71. The van der Waals surface area contributed by atoms with Gasteiger partial charge in [-0.15, -0.1) is 0 Å². The lowest BCUT2D eigenvalue weighted by Crippen LogP contribution is -2.40. The summed E-state index contributed by atoms with van der Waals surface area (Å²) in [6.45, 7) is 0.232. The van der Waals surface area contributed by atoms with Crippen molar-refractivity contribution in [2.45, 2.75) is 13.1 Å². The number of aromatic nitrogens is 2. The van der Waals surface area contributed by atoms with Crippen LogP contribution in [-0.2, 0) is 22.6 Å². The molecule has 1 N–H and O–H groups in total. The maximum atomic E-state index is 12.6. The van der Waals surface area contributed by atoms with Crippen LogP contribution in [0.1, 0.15) is 26.4 Å². The Morgan fingerprint density at radius 3 is 2.23 bits per heavy atom. The molecule has 3 aromatic rings. The highest BCUT2D eigenvalue weighted by Crippen LogP contribution is 2.22. The maximum Gasteiger partial charge on any atom is 0.274 e. The van der Waals surface area contributed by atoms with E-state index in [0.717, 1.165) is 4.90 Å². The van der Waals surface area contributed by atoms with Crippen LogP contribution >= 0.6 is 0 Å². The molecule has 2 aromatic carbocycles. The smallest absolute Gasteiger partial charge is 0.274 e. The van der Waals surface area contributed by atoms with Gasteiger partial charge in [0.15, 0.2) is 0 Å². The molecule has 0 saturated carbocycles. The van der Waals surface area contributed by atoms with Crippen molar-refractivity contribution in [3.8, 4) is 0 Å². The molecular formula is C22H20N4O5. The predicted octanol–water partition coefficient (Wildman–Crippen LogP) is 0.955. The van der Waals surface area contributed by atoms with Crippen LogP contribution in [-0.4, -0.2) is 52.7 Å². The number of methoxy groups -OCH3 is 1. The van der Waals surface area contributed by atoms with Crippen molar-refractivity contribution >= 4 is 28.5 Å². The van der Waals surface area contributed by atoms with Crippen molar-refractivity contribution in [1.29, 1.82) is 0 Å². The minimum atomic E-state index is -0.505. The predicted molar refractivity (Wildman–Crippen MR) is 112 cm³/mol. The van der Waals surface area contributed by atoms with Crippen LogP contribution in [0.25, 0.3) is 10.8 Å². The van der Waals surface area contributed by atoms with Gasteiger partial charge in [-0.25, -0.2) is 4.68 Å². The third kappa shape index (κ3) is 3.82. The van der Waals surface area contributed by atoms with Crippen LogP contribution in [0.5, 0.6) is 0 Å². The SMILES string of the molecule is COCCn1nc(CNC(=O)CN2C(=O)c3ccccc3C2=O)c2ccccc2c1=O. The Kier molecular flexibility index (Phi) is 5.59. The quantitative estimate of drug-likeness (QED) is 0.570. The Morgan fingerprint density at radius 1 is 0.968 bits per heavy atom. The Labute approximate surface area is 177 Å². The van der Waals surface area contributed by atoms with Gasteiger partial charge in [0.25, 0.3) is 17.4 Å². The molecule has 1 aliphatic heterocycles. The lowest BCUT2D eigenvalue weighted by molar-refractivity contribution is -0.121. The summed E-state index contributed by atoms with van der Waals surface area (Å²) in [5.74, 6) is -1.49. The molecular weight excluding hydrogens is 400 g/mol. The molecule has 1 aliphatic rings. The average molecular weight is 420 g/mol. The number of fused-ring (bicyclic) bond motifs is 2. The highest BCUT2D eigenvalue weighted by molar-refractivity contribution is 6.22. The second-order valence-electron chi connectivity index (χ2n) is 7.03. The third-order valence-electron chi connectivity index (χ3n) is 5.08. The minimum Gasteiger partial charge on any atom is -0.383 e. The summed E-state index contributed by atoms with van der Waals surface area (Å²) in [4.78, 5) is 50.9. The number of nitrogens with one attached hydrogen (secondary N) is 1. The van der Waals surface area contributed by atoms with Gasteiger partial charge in [-0.1, -0.05) is 30.3 Å². The molecule has 0 saturated heterocycles. The van der Waals surface area contributed by atoms with Crippen LogP contribution in [0, 0.1) is 0 Å². The van der Waals surface area contributed by atoms with E-state index >= 15 is 0 Å². The lowest BCUT2D eigenvalue weighted by Gasteiger charge is -2.15. The van der Waals surface area contributed by atoms with E-state index < -0.39 is 24.3 Å². The van der Waals surface area contributed by atoms with E-state index in [4.69, 9.17) is 4.74 Å². The number of rotatable bonds is 7. The molecule has 0 spiro atoms. The Hall–Kier alpha value is -3.85. The molecule has 0 unspecified atom stereocenters. The van der Waals surface area contributed by atoms with Gasteiger partial charge in [-0.2, -0.15) is 5.10 Å². The van der Waals surface area contributed by atoms with E-state index in [-0.39, 0.29) is 29.8 Å². The molecule has 0 fully saturated rings. The van der Waals surface area contributed by atoms with Crippen molar-refractivity contribution < 1.29 is 19.1 Å². The Morgan fingerprint density at radius 2 is 1.58 bits per heavy atom. The molecule has 4 rings (SSSR count). The van der Waals surface area contributed by atoms with E-state index in [1.54, 1.807) is 48.5 Å². The first-order valence-corrected chi connectivity index (χ1v) is 9.71. The molecule has 3 amide bonds. The fraction of sp³-hybridized carbons (Fsp3) is 0.227. The van der Waals surface area contributed by atoms with Gasteiger partial charge in [0.2, 0.25) is 5.91 Å². The van der Waals surface area contributed by atoms with Crippen LogP contribution in [0.3, 0.4) is 0 Å². The summed E-state index contributed by atoms with van der Waals surface area (Å²) in [6, 6.07) is 13.5. The van der Waals surface area contributed by atoms with Crippen LogP contribution in [0.4, 0.5) is 0 Å². The monoisotopic (exact) mass is 420 g/mol. The number of benzene rings is 2. The number of hydrogen-bond acceptors (Lipinski definition) is 6. The second-order valence-corrected chi connectivity index (χ2v) is 7.03. The first kappa shape index (κ1) is 20.4. The third-order valence-corrected chi connectivity index (χ3v) is 5.08. The number of hydrogen-bond donors (Lipinski definition) is 1. The van der Waals surface area contributed by atoms with Crippen LogP contribution in [0.15, 0.2) is 53.3 Å². The van der Waals surface area contributed by atoms with E-state index in [2.05, 4.69) is 10.4 Å². The second kappa shape index (κ2) is 8.49. The van der Waals surface area contributed by atoms with Crippen molar-refractivity contribution in [2.75, 3.05) is 20.3 Å². The number of ether oxygens (including phenoxy) is 1. The van der Waals surface area contributed by atoms with Crippen molar-refractivity contribution in [3.05, 3.63) is 75.7 Å². The molecule has 1 aromatic heterocycles. The number of amides is 3. The number of nitrogens with zero attached hydrogens (tertiary/aromatic N) is 3. The maximum absolute atomic E-state index is 12.6. The molecule has 158 valence electrons.